The van der Waals surface area contributed by atoms with Crippen molar-refractivity contribution in [3.63, 3.8) is 0 Å². The molecule has 0 spiro atoms. The van der Waals surface area contributed by atoms with Gasteiger partial charge in [-0.05, 0) is 17.2 Å². The topological polar surface area (TPSA) is 66.5 Å². The first-order chi connectivity index (χ1) is 12.0. The second-order valence-corrected chi connectivity index (χ2v) is 7.91. The molecule has 1 atom stereocenters. The molecule has 1 heterocycles. The SMILES string of the molecule is O=C(NCc1ccccc1)N(Cc1ccccc1)C1C=CS(=O)(=O)C1. The van der Waals surface area contributed by atoms with E-state index in [1.807, 2.05) is 60.7 Å². The summed E-state index contributed by atoms with van der Waals surface area (Å²) in [6, 6.07) is 18.4. The fourth-order valence-electron chi connectivity index (χ4n) is 2.75. The highest BCUT2D eigenvalue weighted by Gasteiger charge is 2.30. The summed E-state index contributed by atoms with van der Waals surface area (Å²) in [5, 5.41) is 4.08. The average molecular weight is 356 g/mol. The monoisotopic (exact) mass is 356 g/mol. The highest BCUT2D eigenvalue weighted by atomic mass is 32.2. The van der Waals surface area contributed by atoms with Crippen LogP contribution in [0.15, 0.2) is 72.1 Å². The lowest BCUT2D eigenvalue weighted by molar-refractivity contribution is 0.186. The molecule has 1 unspecified atom stereocenters. The van der Waals surface area contributed by atoms with Crippen LogP contribution in [0.2, 0.25) is 0 Å². The minimum atomic E-state index is -3.24. The Hall–Kier alpha value is -2.60. The number of carbonyl (C=O) groups is 1. The second-order valence-electron chi connectivity index (χ2n) is 5.98. The van der Waals surface area contributed by atoms with Gasteiger partial charge in [0.05, 0.1) is 11.8 Å². The molecule has 0 aliphatic carbocycles. The van der Waals surface area contributed by atoms with Crippen LogP contribution in [0.25, 0.3) is 0 Å². The van der Waals surface area contributed by atoms with Gasteiger partial charge in [0.2, 0.25) is 0 Å². The molecule has 2 aromatic rings. The van der Waals surface area contributed by atoms with E-state index in [2.05, 4.69) is 5.32 Å². The normalized spacial score (nSPS) is 18.0. The predicted octanol–water partition coefficient (Wildman–Crippen LogP) is 2.71. The van der Waals surface area contributed by atoms with Crippen molar-refractivity contribution >= 4 is 15.9 Å². The zero-order valence-electron chi connectivity index (χ0n) is 13.7. The summed E-state index contributed by atoms with van der Waals surface area (Å²) in [6.45, 7) is 0.750. The number of hydrogen-bond donors (Lipinski definition) is 1. The Labute approximate surface area is 147 Å². The van der Waals surface area contributed by atoms with Crippen molar-refractivity contribution in [1.82, 2.24) is 10.2 Å². The van der Waals surface area contributed by atoms with Crippen molar-refractivity contribution in [2.75, 3.05) is 5.75 Å². The Morgan fingerprint density at radius 3 is 2.16 bits per heavy atom. The summed E-state index contributed by atoms with van der Waals surface area (Å²) >= 11 is 0. The van der Waals surface area contributed by atoms with E-state index in [1.54, 1.807) is 11.0 Å². The number of benzene rings is 2. The molecule has 2 aromatic carbocycles. The van der Waals surface area contributed by atoms with Gasteiger partial charge in [-0.15, -0.1) is 0 Å². The van der Waals surface area contributed by atoms with E-state index in [1.165, 1.54) is 5.41 Å². The van der Waals surface area contributed by atoms with Gasteiger partial charge < -0.3 is 10.2 Å². The summed E-state index contributed by atoms with van der Waals surface area (Å²) in [5.41, 5.74) is 1.94. The van der Waals surface area contributed by atoms with Crippen LogP contribution >= 0.6 is 0 Å². The Balaban J connectivity index is 1.73. The van der Waals surface area contributed by atoms with Gasteiger partial charge in [-0.25, -0.2) is 13.2 Å². The molecule has 130 valence electrons. The molecule has 3 rings (SSSR count). The van der Waals surface area contributed by atoms with Crippen molar-refractivity contribution in [3.8, 4) is 0 Å². The van der Waals surface area contributed by atoms with Crippen molar-refractivity contribution in [2.24, 2.45) is 0 Å². The Morgan fingerprint density at radius 2 is 1.60 bits per heavy atom. The number of sulfone groups is 1. The number of hydrogen-bond acceptors (Lipinski definition) is 3. The van der Waals surface area contributed by atoms with Crippen LogP contribution in [0.5, 0.6) is 0 Å². The van der Waals surface area contributed by atoms with Gasteiger partial charge in [-0.3, -0.25) is 0 Å². The fourth-order valence-corrected chi connectivity index (χ4v) is 4.05. The smallest absolute Gasteiger partial charge is 0.318 e. The number of nitrogens with one attached hydrogen (secondary N) is 1. The zero-order valence-corrected chi connectivity index (χ0v) is 14.5. The van der Waals surface area contributed by atoms with Gasteiger partial charge in [0.15, 0.2) is 9.84 Å². The van der Waals surface area contributed by atoms with Crippen LogP contribution in [-0.4, -0.2) is 31.1 Å². The van der Waals surface area contributed by atoms with Gasteiger partial charge >= 0.3 is 6.03 Å². The summed E-state index contributed by atoms with van der Waals surface area (Å²) in [6.07, 6.45) is 1.58. The van der Waals surface area contributed by atoms with Crippen LogP contribution in [0.3, 0.4) is 0 Å². The molecule has 1 aliphatic heterocycles. The Bertz CT molecular complexity index is 849. The molecular weight excluding hydrogens is 336 g/mol. The lowest BCUT2D eigenvalue weighted by atomic mass is 10.2. The van der Waals surface area contributed by atoms with Crippen LogP contribution in [0.1, 0.15) is 11.1 Å². The van der Waals surface area contributed by atoms with E-state index in [4.69, 9.17) is 0 Å². The molecular formula is C19H20N2O3S. The number of rotatable bonds is 5. The molecule has 1 N–H and O–H groups in total. The summed E-state index contributed by atoms with van der Waals surface area (Å²) in [4.78, 5) is 14.3. The lowest BCUT2D eigenvalue weighted by Gasteiger charge is -2.28. The Morgan fingerprint density at radius 1 is 1.00 bits per heavy atom. The molecule has 5 nitrogen and oxygen atoms in total. The first kappa shape index (κ1) is 17.2. The largest absolute Gasteiger partial charge is 0.334 e. The predicted molar refractivity (Wildman–Crippen MR) is 97.4 cm³/mol. The minimum Gasteiger partial charge on any atom is -0.334 e. The van der Waals surface area contributed by atoms with Crippen molar-refractivity contribution in [1.29, 1.82) is 0 Å². The maximum atomic E-state index is 12.7. The molecule has 0 bridgehead atoms. The van der Waals surface area contributed by atoms with Crippen molar-refractivity contribution in [3.05, 3.63) is 83.3 Å². The van der Waals surface area contributed by atoms with Gasteiger partial charge in [-0.2, -0.15) is 0 Å². The van der Waals surface area contributed by atoms with E-state index < -0.39 is 15.9 Å². The molecule has 0 aromatic heterocycles. The van der Waals surface area contributed by atoms with Crippen molar-refractivity contribution < 1.29 is 13.2 Å². The molecule has 25 heavy (non-hydrogen) atoms. The van der Waals surface area contributed by atoms with Gasteiger partial charge in [-0.1, -0.05) is 60.7 Å². The third kappa shape index (κ3) is 4.70. The zero-order chi connectivity index (χ0) is 17.7. The number of carbonyl (C=O) groups excluding carboxylic acids is 1. The highest BCUT2D eigenvalue weighted by Crippen LogP contribution is 2.18. The number of nitrogens with zero attached hydrogens (tertiary/aromatic N) is 1. The second kappa shape index (κ2) is 7.53. The summed E-state index contributed by atoms with van der Waals surface area (Å²) in [7, 11) is -3.24. The molecule has 2 amide bonds. The van der Waals surface area contributed by atoms with E-state index in [0.717, 1.165) is 11.1 Å². The molecule has 0 saturated carbocycles. The fraction of sp³-hybridized carbons (Fsp3) is 0.211. The molecule has 1 aliphatic rings. The van der Waals surface area contributed by atoms with Crippen LogP contribution < -0.4 is 5.32 Å². The first-order valence-electron chi connectivity index (χ1n) is 8.07. The third-order valence-corrected chi connectivity index (χ3v) is 5.43. The molecule has 0 radical (unpaired) electrons. The number of amides is 2. The standard InChI is InChI=1S/C19H20N2O3S/c22-19(20-13-16-7-3-1-4-8-16)21(14-17-9-5-2-6-10-17)18-11-12-25(23,24)15-18/h1-12,18H,13-15H2,(H,20,22). The van der Waals surface area contributed by atoms with E-state index >= 15 is 0 Å². The quantitative estimate of drug-likeness (QED) is 0.896. The summed E-state index contributed by atoms with van der Waals surface area (Å²) < 4.78 is 23.5. The third-order valence-electron chi connectivity index (χ3n) is 4.05. The first-order valence-corrected chi connectivity index (χ1v) is 9.78. The number of urea groups is 1. The van der Waals surface area contributed by atoms with E-state index in [-0.39, 0.29) is 11.8 Å². The van der Waals surface area contributed by atoms with Crippen LogP contribution in [-0.2, 0) is 22.9 Å². The maximum absolute atomic E-state index is 12.7. The highest BCUT2D eigenvalue weighted by molar-refractivity contribution is 7.94. The van der Waals surface area contributed by atoms with E-state index in [9.17, 15) is 13.2 Å². The van der Waals surface area contributed by atoms with Gasteiger partial charge in [0.25, 0.3) is 0 Å². The van der Waals surface area contributed by atoms with Gasteiger partial charge in [0, 0.05) is 18.5 Å². The van der Waals surface area contributed by atoms with Crippen molar-refractivity contribution in [2.45, 2.75) is 19.1 Å². The minimum absolute atomic E-state index is 0.0708. The van der Waals surface area contributed by atoms with Gasteiger partial charge in [0.1, 0.15) is 0 Å². The van der Waals surface area contributed by atoms with E-state index in [0.29, 0.717) is 13.1 Å². The average Bonchev–Trinajstić information content (AvgIpc) is 2.99. The van der Waals surface area contributed by atoms with Crippen LogP contribution in [0, 0.1) is 0 Å². The maximum Gasteiger partial charge on any atom is 0.318 e. The summed E-state index contributed by atoms with van der Waals surface area (Å²) in [5.74, 6) is -0.0708. The Kier molecular flexibility index (Phi) is 5.19. The lowest BCUT2D eigenvalue weighted by Crippen LogP contribution is -2.45. The molecule has 0 fully saturated rings. The van der Waals surface area contributed by atoms with Crippen LogP contribution in [0.4, 0.5) is 4.79 Å². The molecule has 0 saturated heterocycles. The molecule has 6 heteroatoms.